The molecule has 1 nitrogen and oxygen atoms in total. The summed E-state index contributed by atoms with van der Waals surface area (Å²) in [6.07, 6.45) is 3.30. The van der Waals surface area contributed by atoms with E-state index in [4.69, 9.17) is 0 Å². The van der Waals surface area contributed by atoms with Crippen molar-refractivity contribution in [3.63, 3.8) is 0 Å². The predicted octanol–water partition coefficient (Wildman–Crippen LogP) is 5.36. The zero-order valence-corrected chi connectivity index (χ0v) is 13.9. The van der Waals surface area contributed by atoms with Crippen LogP contribution in [0.1, 0.15) is 42.9 Å². The molecule has 0 radical (unpaired) electrons. The average Bonchev–Trinajstić information content (AvgIpc) is 2.59. The van der Waals surface area contributed by atoms with E-state index in [2.05, 4.69) is 53.0 Å². The Kier molecular flexibility index (Phi) is 6.83. The predicted molar refractivity (Wildman–Crippen MR) is 100.0 cm³/mol. The van der Waals surface area contributed by atoms with Crippen molar-refractivity contribution in [2.24, 2.45) is 4.99 Å². The Labute approximate surface area is 143 Å². The van der Waals surface area contributed by atoms with Crippen molar-refractivity contribution in [1.82, 2.24) is 0 Å². The zero-order valence-electron chi connectivity index (χ0n) is 13.1. The van der Waals surface area contributed by atoms with Crippen molar-refractivity contribution < 1.29 is 0 Å². The fourth-order valence-corrected chi connectivity index (χ4v) is 1.99. The Morgan fingerprint density at radius 1 is 0.826 bits per heavy atom. The van der Waals surface area contributed by atoms with Gasteiger partial charge in [-0.15, -0.1) is 0 Å². The fraction of sp³-hybridized carbons (Fsp3) is 0.190. The Bertz CT molecular complexity index is 803. The van der Waals surface area contributed by atoms with E-state index in [9.17, 15) is 0 Å². The van der Waals surface area contributed by atoms with Crippen LogP contribution in [0.3, 0.4) is 0 Å². The van der Waals surface area contributed by atoms with Crippen molar-refractivity contribution in [1.29, 1.82) is 0 Å². The van der Waals surface area contributed by atoms with Crippen LogP contribution in [0.15, 0.2) is 53.5 Å². The van der Waals surface area contributed by atoms with Crippen LogP contribution in [-0.2, 0) is 0 Å². The van der Waals surface area contributed by atoms with Crippen LogP contribution in [0.2, 0.25) is 0 Å². The average molecular weight is 315 g/mol. The Morgan fingerprint density at radius 3 is 1.87 bits per heavy atom. The number of aliphatic imine (C=N–C) groups is 1. The van der Waals surface area contributed by atoms with Crippen LogP contribution in [-0.4, -0.2) is 5.16 Å². The van der Waals surface area contributed by atoms with Gasteiger partial charge in [0.05, 0.1) is 10.8 Å². The first-order valence-corrected chi connectivity index (χ1v) is 8.01. The van der Waals surface area contributed by atoms with E-state index in [1.807, 2.05) is 48.5 Å². The number of nitrogens with zero attached hydrogens (tertiary/aromatic N) is 1. The lowest BCUT2D eigenvalue weighted by Gasteiger charge is -1.93. The molecule has 0 N–H and O–H groups in total. The highest BCUT2D eigenvalue weighted by Crippen LogP contribution is 2.11. The molecule has 2 heteroatoms. The van der Waals surface area contributed by atoms with E-state index < -0.39 is 0 Å². The highest BCUT2D eigenvalue weighted by Gasteiger charge is 1.91. The lowest BCUT2D eigenvalue weighted by Crippen LogP contribution is -1.78. The van der Waals surface area contributed by atoms with E-state index in [-0.39, 0.29) is 0 Å². The summed E-state index contributed by atoms with van der Waals surface area (Å²) in [5.41, 5.74) is 3.74. The molecule has 0 unspecified atom stereocenters. The summed E-state index contributed by atoms with van der Waals surface area (Å²) in [6, 6.07) is 15.6. The molecular formula is C21H17NS. The molecule has 2 aromatic rings. The number of hydrogen-bond acceptors (Lipinski definition) is 2. The van der Waals surface area contributed by atoms with Crippen molar-refractivity contribution in [2.45, 2.75) is 26.2 Å². The molecule has 0 saturated heterocycles. The minimum atomic E-state index is 0.788. The van der Waals surface area contributed by atoms with Crippen molar-refractivity contribution in [3.05, 3.63) is 65.2 Å². The van der Waals surface area contributed by atoms with Crippen molar-refractivity contribution >= 4 is 23.1 Å². The standard InChI is InChI=1S/C21H17NS/c1-2-3-4-5-6-18-7-9-19(10-8-18)11-12-20-13-15-21(16-14-20)22-17-23/h7-10,13-16H,2-4H2,1H3. The third-order valence-corrected chi connectivity index (χ3v) is 3.26. The molecule has 0 spiro atoms. The topological polar surface area (TPSA) is 12.4 Å². The Hall–Kier alpha value is -2.64. The number of thiocarbonyl (C=S) groups is 1. The number of benzene rings is 2. The lowest BCUT2D eigenvalue weighted by molar-refractivity contribution is 0.828. The van der Waals surface area contributed by atoms with E-state index in [1.165, 1.54) is 6.42 Å². The van der Waals surface area contributed by atoms with Gasteiger partial charge in [0.25, 0.3) is 0 Å². The second-order valence-corrected chi connectivity index (χ2v) is 5.17. The third-order valence-electron chi connectivity index (χ3n) is 3.17. The normalized spacial score (nSPS) is 8.91. The van der Waals surface area contributed by atoms with Gasteiger partial charge in [-0.2, -0.15) is 4.99 Å². The fourth-order valence-electron chi connectivity index (χ4n) is 1.88. The van der Waals surface area contributed by atoms with Crippen LogP contribution in [0.25, 0.3) is 0 Å². The van der Waals surface area contributed by atoms with Gasteiger partial charge in [0, 0.05) is 23.1 Å². The molecule has 0 aliphatic heterocycles. The van der Waals surface area contributed by atoms with Crippen LogP contribution in [0.4, 0.5) is 5.69 Å². The van der Waals surface area contributed by atoms with Gasteiger partial charge in [-0.1, -0.05) is 37.0 Å². The van der Waals surface area contributed by atoms with Gasteiger partial charge in [-0.05, 0) is 67.2 Å². The molecule has 0 fully saturated rings. The maximum atomic E-state index is 4.58. The maximum absolute atomic E-state index is 4.58. The molecule has 0 amide bonds. The first kappa shape index (κ1) is 16.7. The summed E-state index contributed by atoms with van der Waals surface area (Å²) in [5, 5.41) is 2.35. The summed E-state index contributed by atoms with van der Waals surface area (Å²) < 4.78 is 0. The van der Waals surface area contributed by atoms with Crippen molar-refractivity contribution in [3.8, 4) is 23.7 Å². The van der Waals surface area contributed by atoms with Gasteiger partial charge in [0.1, 0.15) is 0 Å². The number of rotatable bonds is 3. The number of isothiocyanates is 1. The van der Waals surface area contributed by atoms with Gasteiger partial charge in [-0.3, -0.25) is 0 Å². The van der Waals surface area contributed by atoms with Crippen LogP contribution >= 0.6 is 12.2 Å². The van der Waals surface area contributed by atoms with E-state index in [0.29, 0.717) is 0 Å². The molecular weight excluding hydrogens is 298 g/mol. The van der Waals surface area contributed by atoms with Gasteiger partial charge in [0.15, 0.2) is 0 Å². The van der Waals surface area contributed by atoms with Crippen molar-refractivity contribution in [2.75, 3.05) is 0 Å². The molecule has 0 aromatic heterocycles. The van der Waals surface area contributed by atoms with Crippen LogP contribution in [0, 0.1) is 23.7 Å². The highest BCUT2D eigenvalue weighted by atomic mass is 32.1. The number of hydrogen-bond donors (Lipinski definition) is 0. The van der Waals surface area contributed by atoms with Crippen LogP contribution in [0.5, 0.6) is 0 Å². The maximum Gasteiger partial charge on any atom is 0.0740 e. The second-order valence-electron chi connectivity index (χ2n) is 4.98. The molecule has 0 bridgehead atoms. The third kappa shape index (κ3) is 5.93. The van der Waals surface area contributed by atoms with Gasteiger partial charge < -0.3 is 0 Å². The second kappa shape index (κ2) is 9.39. The molecule has 2 rings (SSSR count). The van der Waals surface area contributed by atoms with Gasteiger partial charge in [-0.25, -0.2) is 0 Å². The summed E-state index contributed by atoms with van der Waals surface area (Å²) in [4.78, 5) is 3.92. The Balaban J connectivity index is 2.03. The van der Waals surface area contributed by atoms with Crippen LogP contribution < -0.4 is 0 Å². The van der Waals surface area contributed by atoms with E-state index in [0.717, 1.165) is 35.2 Å². The number of unbranched alkanes of at least 4 members (excludes halogenated alkanes) is 2. The molecule has 112 valence electrons. The highest BCUT2D eigenvalue weighted by molar-refractivity contribution is 7.78. The first-order chi connectivity index (χ1) is 11.3. The SMILES string of the molecule is CCCCC#Cc1ccc(C#Cc2ccc(N=C=S)cc2)cc1. The monoisotopic (exact) mass is 315 g/mol. The molecule has 23 heavy (non-hydrogen) atoms. The molecule has 0 aliphatic carbocycles. The minimum absolute atomic E-state index is 0.788. The quantitative estimate of drug-likeness (QED) is 0.321. The smallest absolute Gasteiger partial charge is 0.0740 e. The lowest BCUT2D eigenvalue weighted by atomic mass is 10.1. The molecule has 0 aliphatic rings. The molecule has 0 saturated carbocycles. The molecule has 0 heterocycles. The largest absolute Gasteiger partial charge is 0.195 e. The molecule has 0 atom stereocenters. The summed E-state index contributed by atoms with van der Waals surface area (Å²) in [5.74, 6) is 12.7. The minimum Gasteiger partial charge on any atom is -0.195 e. The van der Waals surface area contributed by atoms with Gasteiger partial charge >= 0.3 is 0 Å². The summed E-state index contributed by atoms with van der Waals surface area (Å²) in [7, 11) is 0. The first-order valence-electron chi connectivity index (χ1n) is 7.60. The van der Waals surface area contributed by atoms with E-state index >= 15 is 0 Å². The Morgan fingerprint density at radius 2 is 1.35 bits per heavy atom. The molecule has 2 aromatic carbocycles. The summed E-state index contributed by atoms with van der Waals surface area (Å²) in [6.45, 7) is 2.17. The van der Waals surface area contributed by atoms with E-state index in [1.54, 1.807) is 0 Å². The zero-order chi connectivity index (χ0) is 16.3. The summed E-state index contributed by atoms with van der Waals surface area (Å²) >= 11 is 4.58. The van der Waals surface area contributed by atoms with Gasteiger partial charge in [0.2, 0.25) is 0 Å².